The lowest BCUT2D eigenvalue weighted by Gasteiger charge is -2.38. The van der Waals surface area contributed by atoms with Crippen LogP contribution >= 0.6 is 15.9 Å². The number of fused-ring (bicyclic) bond motifs is 3. The molecule has 3 atom stereocenters. The van der Waals surface area contributed by atoms with E-state index in [0.717, 1.165) is 16.6 Å². The summed E-state index contributed by atoms with van der Waals surface area (Å²) in [5.41, 5.74) is 3.94. The fourth-order valence-corrected chi connectivity index (χ4v) is 4.17. The highest BCUT2D eigenvalue weighted by Gasteiger charge is 2.39. The zero-order valence-electron chi connectivity index (χ0n) is 13.3. The van der Waals surface area contributed by atoms with Crippen LogP contribution in [0.3, 0.4) is 0 Å². The number of hydrogen-bond donors (Lipinski definition) is 1. The Morgan fingerprint density at radius 3 is 2.75 bits per heavy atom. The SMILES string of the molecule is COC(=O)c1cccc2c1N[C@H](c1ccc(Br)cc1)[C@@H]1CC=C[C@H]21. The molecule has 4 heteroatoms. The molecule has 0 fully saturated rings. The van der Waals surface area contributed by atoms with Crippen molar-refractivity contribution in [2.45, 2.75) is 18.4 Å². The van der Waals surface area contributed by atoms with E-state index in [1.54, 1.807) is 0 Å². The van der Waals surface area contributed by atoms with Crippen molar-refractivity contribution in [2.75, 3.05) is 12.4 Å². The van der Waals surface area contributed by atoms with Crippen LogP contribution in [0.2, 0.25) is 0 Å². The number of methoxy groups -OCH3 is 1. The molecule has 122 valence electrons. The van der Waals surface area contributed by atoms with Gasteiger partial charge in [-0.05, 0) is 41.7 Å². The summed E-state index contributed by atoms with van der Waals surface area (Å²) in [6.07, 6.45) is 5.57. The Morgan fingerprint density at radius 2 is 2.00 bits per heavy atom. The van der Waals surface area contributed by atoms with Gasteiger partial charge in [0.2, 0.25) is 0 Å². The molecule has 0 amide bonds. The first-order valence-corrected chi connectivity index (χ1v) is 8.88. The minimum atomic E-state index is -0.297. The summed E-state index contributed by atoms with van der Waals surface area (Å²) < 4.78 is 6.04. The average Bonchev–Trinajstić information content (AvgIpc) is 3.10. The summed E-state index contributed by atoms with van der Waals surface area (Å²) in [7, 11) is 1.43. The first-order chi connectivity index (χ1) is 11.7. The van der Waals surface area contributed by atoms with Crippen molar-refractivity contribution in [3.63, 3.8) is 0 Å². The number of carbonyl (C=O) groups excluding carboxylic acids is 1. The van der Waals surface area contributed by atoms with Crippen LogP contribution in [0.15, 0.2) is 59.1 Å². The van der Waals surface area contributed by atoms with E-state index in [1.807, 2.05) is 12.1 Å². The van der Waals surface area contributed by atoms with Gasteiger partial charge in [-0.2, -0.15) is 0 Å². The van der Waals surface area contributed by atoms with E-state index in [4.69, 9.17) is 4.74 Å². The van der Waals surface area contributed by atoms with Crippen LogP contribution in [-0.4, -0.2) is 13.1 Å². The molecule has 1 N–H and O–H groups in total. The zero-order valence-corrected chi connectivity index (χ0v) is 14.9. The van der Waals surface area contributed by atoms with Crippen LogP contribution in [0.4, 0.5) is 5.69 Å². The van der Waals surface area contributed by atoms with E-state index in [0.29, 0.717) is 17.4 Å². The maximum absolute atomic E-state index is 12.2. The number of nitrogens with one attached hydrogen (secondary N) is 1. The smallest absolute Gasteiger partial charge is 0.339 e. The van der Waals surface area contributed by atoms with Crippen LogP contribution in [0.1, 0.15) is 39.9 Å². The highest BCUT2D eigenvalue weighted by Crippen LogP contribution is 2.50. The molecule has 4 rings (SSSR count). The average molecular weight is 384 g/mol. The summed E-state index contributed by atoms with van der Waals surface area (Å²) in [6.45, 7) is 0. The molecule has 0 saturated carbocycles. The maximum atomic E-state index is 12.2. The maximum Gasteiger partial charge on any atom is 0.339 e. The molecule has 0 bridgehead atoms. The molecular formula is C20H18BrNO2. The largest absolute Gasteiger partial charge is 0.465 e. The van der Waals surface area contributed by atoms with Crippen molar-refractivity contribution in [3.8, 4) is 0 Å². The summed E-state index contributed by atoms with van der Waals surface area (Å²) >= 11 is 3.50. The van der Waals surface area contributed by atoms with E-state index >= 15 is 0 Å². The number of carbonyl (C=O) groups is 1. The molecule has 3 nitrogen and oxygen atoms in total. The second kappa shape index (κ2) is 6.10. The Bertz CT molecular complexity index is 813. The fourth-order valence-electron chi connectivity index (χ4n) is 3.90. The van der Waals surface area contributed by atoms with E-state index in [1.165, 1.54) is 18.2 Å². The third-order valence-electron chi connectivity index (χ3n) is 5.03. The number of benzene rings is 2. The highest BCUT2D eigenvalue weighted by atomic mass is 79.9. The predicted molar refractivity (Wildman–Crippen MR) is 98.3 cm³/mol. The Kier molecular flexibility index (Phi) is 3.93. The summed E-state index contributed by atoms with van der Waals surface area (Å²) in [5, 5.41) is 3.63. The van der Waals surface area contributed by atoms with E-state index < -0.39 is 0 Å². The molecule has 0 aromatic heterocycles. The van der Waals surface area contributed by atoms with Gasteiger partial charge in [-0.15, -0.1) is 0 Å². The van der Waals surface area contributed by atoms with E-state index in [-0.39, 0.29) is 12.0 Å². The lowest BCUT2D eigenvalue weighted by atomic mass is 9.76. The van der Waals surface area contributed by atoms with Crippen LogP contribution in [0.5, 0.6) is 0 Å². The molecule has 1 aliphatic heterocycles. The molecule has 2 aromatic carbocycles. The molecular weight excluding hydrogens is 366 g/mol. The number of allylic oxidation sites excluding steroid dienone is 2. The van der Waals surface area contributed by atoms with Crippen LogP contribution < -0.4 is 5.32 Å². The zero-order chi connectivity index (χ0) is 16.7. The van der Waals surface area contributed by atoms with Gasteiger partial charge < -0.3 is 10.1 Å². The first kappa shape index (κ1) is 15.5. The normalized spacial score (nSPS) is 24.0. The topological polar surface area (TPSA) is 38.3 Å². The van der Waals surface area contributed by atoms with Gasteiger partial charge in [0.15, 0.2) is 0 Å². The monoisotopic (exact) mass is 383 g/mol. The Balaban J connectivity index is 1.82. The van der Waals surface area contributed by atoms with Gasteiger partial charge in [-0.1, -0.05) is 52.3 Å². The van der Waals surface area contributed by atoms with Crippen molar-refractivity contribution in [3.05, 3.63) is 75.8 Å². The van der Waals surface area contributed by atoms with Crippen LogP contribution in [0.25, 0.3) is 0 Å². The van der Waals surface area contributed by atoms with Crippen LogP contribution in [-0.2, 0) is 4.74 Å². The summed E-state index contributed by atoms with van der Waals surface area (Å²) in [5.74, 6) is 0.500. The van der Waals surface area contributed by atoms with Gasteiger partial charge in [0.05, 0.1) is 24.4 Å². The van der Waals surface area contributed by atoms with E-state index in [9.17, 15) is 4.79 Å². The molecule has 1 heterocycles. The van der Waals surface area contributed by atoms with Crippen molar-refractivity contribution in [1.29, 1.82) is 0 Å². The number of halogens is 1. The summed E-state index contributed by atoms with van der Waals surface area (Å²) in [4.78, 5) is 12.2. The molecule has 0 radical (unpaired) electrons. The second-order valence-electron chi connectivity index (χ2n) is 6.29. The number of rotatable bonds is 2. The van der Waals surface area contributed by atoms with Crippen molar-refractivity contribution >= 4 is 27.6 Å². The van der Waals surface area contributed by atoms with Crippen LogP contribution in [0, 0.1) is 5.92 Å². The van der Waals surface area contributed by atoms with Gasteiger partial charge in [-0.25, -0.2) is 4.79 Å². The Labute approximate surface area is 149 Å². The van der Waals surface area contributed by atoms with Gasteiger partial charge in [0.1, 0.15) is 0 Å². The molecule has 0 spiro atoms. The van der Waals surface area contributed by atoms with Crippen molar-refractivity contribution < 1.29 is 9.53 Å². The number of hydrogen-bond acceptors (Lipinski definition) is 3. The van der Waals surface area contributed by atoms with Gasteiger partial charge >= 0.3 is 5.97 Å². The molecule has 2 aliphatic rings. The predicted octanol–water partition coefficient (Wildman–Crippen LogP) is 5.06. The lowest BCUT2D eigenvalue weighted by molar-refractivity contribution is 0.0601. The fraction of sp³-hybridized carbons (Fsp3) is 0.250. The Morgan fingerprint density at radius 1 is 1.21 bits per heavy atom. The number of esters is 1. The van der Waals surface area contributed by atoms with E-state index in [2.05, 4.69) is 63.7 Å². The van der Waals surface area contributed by atoms with Gasteiger partial charge in [0.25, 0.3) is 0 Å². The summed E-state index contributed by atoms with van der Waals surface area (Å²) in [6, 6.07) is 14.5. The lowest BCUT2D eigenvalue weighted by Crippen LogP contribution is -2.30. The van der Waals surface area contributed by atoms with Gasteiger partial charge in [-0.3, -0.25) is 0 Å². The van der Waals surface area contributed by atoms with Crippen molar-refractivity contribution in [2.24, 2.45) is 5.92 Å². The minimum Gasteiger partial charge on any atom is -0.465 e. The molecule has 0 saturated heterocycles. The number of ether oxygens (including phenoxy) is 1. The third-order valence-corrected chi connectivity index (χ3v) is 5.56. The highest BCUT2D eigenvalue weighted by molar-refractivity contribution is 9.10. The second-order valence-corrected chi connectivity index (χ2v) is 7.20. The standard InChI is InChI=1S/C20H18BrNO2/c1-24-20(23)17-7-3-6-16-14-4-2-5-15(14)18(22-19(16)17)12-8-10-13(21)11-9-12/h2-4,6-11,14-15,18,22H,5H2,1H3/t14-,15+,18+/m0/s1. The quantitative estimate of drug-likeness (QED) is 0.581. The number of anilines is 1. The number of para-hydroxylation sites is 1. The third kappa shape index (κ3) is 2.46. The van der Waals surface area contributed by atoms with Crippen molar-refractivity contribution in [1.82, 2.24) is 0 Å². The van der Waals surface area contributed by atoms with Gasteiger partial charge in [0, 0.05) is 10.4 Å². The minimum absolute atomic E-state index is 0.177. The molecule has 2 aromatic rings. The Hall–Kier alpha value is -2.07. The first-order valence-electron chi connectivity index (χ1n) is 8.09. The molecule has 0 unspecified atom stereocenters. The molecule has 24 heavy (non-hydrogen) atoms. The molecule has 1 aliphatic carbocycles.